The zero-order valence-corrected chi connectivity index (χ0v) is 8.16. The van der Waals surface area contributed by atoms with E-state index in [1.54, 1.807) is 0 Å². The van der Waals surface area contributed by atoms with Gasteiger partial charge in [-0.05, 0) is 31.8 Å². The summed E-state index contributed by atoms with van der Waals surface area (Å²) in [5.74, 6) is 0.651. The van der Waals surface area contributed by atoms with E-state index in [1.807, 2.05) is 18.2 Å². The van der Waals surface area contributed by atoms with Crippen molar-refractivity contribution in [2.45, 2.75) is 18.8 Å². The van der Waals surface area contributed by atoms with Crippen molar-refractivity contribution in [3.8, 4) is 0 Å². The van der Waals surface area contributed by atoms with Gasteiger partial charge in [-0.15, -0.1) is 0 Å². The highest BCUT2D eigenvalue weighted by atomic mass is 14.9. The number of rotatable bonds is 1. The van der Waals surface area contributed by atoms with Gasteiger partial charge in [0.25, 0.3) is 0 Å². The third kappa shape index (κ3) is 1.94. The van der Waals surface area contributed by atoms with Gasteiger partial charge < -0.3 is 5.32 Å². The normalized spacial score (nSPS) is 17.6. The second-order valence-corrected chi connectivity index (χ2v) is 3.73. The van der Waals surface area contributed by atoms with Gasteiger partial charge in [0.2, 0.25) is 0 Å². The predicted molar refractivity (Wildman–Crippen MR) is 57.5 cm³/mol. The zero-order chi connectivity index (χ0) is 9.80. The standard InChI is InChI=1S/C12H14N2/c1-13-12-4-2-3-11(9-12)10-5-7-14-8-6-10/h2-4,9-10,14H,5-8H2. The van der Waals surface area contributed by atoms with Crippen molar-refractivity contribution in [1.29, 1.82) is 0 Å². The van der Waals surface area contributed by atoms with E-state index < -0.39 is 0 Å². The van der Waals surface area contributed by atoms with Gasteiger partial charge in [-0.3, -0.25) is 0 Å². The Morgan fingerprint density at radius 3 is 2.79 bits per heavy atom. The molecule has 2 nitrogen and oxygen atoms in total. The molecule has 0 atom stereocenters. The fourth-order valence-corrected chi connectivity index (χ4v) is 2.00. The van der Waals surface area contributed by atoms with Crippen LogP contribution in [0, 0.1) is 6.57 Å². The van der Waals surface area contributed by atoms with Gasteiger partial charge in [-0.25, -0.2) is 4.85 Å². The Hall–Kier alpha value is -1.33. The molecule has 72 valence electrons. The average molecular weight is 186 g/mol. The molecule has 0 amide bonds. The topological polar surface area (TPSA) is 16.4 Å². The van der Waals surface area contributed by atoms with Crippen molar-refractivity contribution in [2.75, 3.05) is 13.1 Å². The lowest BCUT2D eigenvalue weighted by molar-refractivity contribution is 0.460. The van der Waals surface area contributed by atoms with Gasteiger partial charge in [0.15, 0.2) is 5.69 Å². The van der Waals surface area contributed by atoms with Crippen LogP contribution in [0.1, 0.15) is 24.3 Å². The molecule has 0 unspecified atom stereocenters. The van der Waals surface area contributed by atoms with Crippen molar-refractivity contribution in [2.24, 2.45) is 0 Å². The minimum Gasteiger partial charge on any atom is -0.317 e. The first kappa shape index (κ1) is 9.23. The molecule has 0 bridgehead atoms. The van der Waals surface area contributed by atoms with Crippen molar-refractivity contribution in [3.63, 3.8) is 0 Å². The summed E-state index contributed by atoms with van der Waals surface area (Å²) in [4.78, 5) is 3.46. The molecule has 1 aliphatic rings. The first-order valence-electron chi connectivity index (χ1n) is 5.08. The number of piperidine rings is 1. The van der Waals surface area contributed by atoms with Gasteiger partial charge in [-0.1, -0.05) is 29.8 Å². The Kier molecular flexibility index (Phi) is 2.81. The van der Waals surface area contributed by atoms with Gasteiger partial charge >= 0.3 is 0 Å². The Morgan fingerprint density at radius 1 is 1.29 bits per heavy atom. The highest BCUT2D eigenvalue weighted by Gasteiger charge is 2.14. The van der Waals surface area contributed by atoms with Crippen LogP contribution in [0.2, 0.25) is 0 Å². The number of benzene rings is 1. The lowest BCUT2D eigenvalue weighted by Gasteiger charge is -2.23. The molecule has 1 N–H and O–H groups in total. The minimum absolute atomic E-state index is 0.651. The zero-order valence-electron chi connectivity index (χ0n) is 8.16. The number of nitrogens with one attached hydrogen (secondary N) is 1. The van der Waals surface area contributed by atoms with Gasteiger partial charge in [0.05, 0.1) is 6.57 Å². The van der Waals surface area contributed by atoms with E-state index >= 15 is 0 Å². The summed E-state index contributed by atoms with van der Waals surface area (Å²) in [6.07, 6.45) is 2.39. The van der Waals surface area contributed by atoms with E-state index in [2.05, 4.69) is 16.2 Å². The molecule has 14 heavy (non-hydrogen) atoms. The highest BCUT2D eigenvalue weighted by Crippen LogP contribution is 2.27. The Morgan fingerprint density at radius 2 is 2.07 bits per heavy atom. The van der Waals surface area contributed by atoms with E-state index in [0.717, 1.165) is 18.8 Å². The third-order valence-corrected chi connectivity index (χ3v) is 2.81. The van der Waals surface area contributed by atoms with Crippen LogP contribution in [-0.4, -0.2) is 13.1 Å². The van der Waals surface area contributed by atoms with Crippen LogP contribution >= 0.6 is 0 Å². The van der Waals surface area contributed by atoms with Crippen molar-refractivity contribution in [3.05, 3.63) is 41.2 Å². The van der Waals surface area contributed by atoms with Crippen molar-refractivity contribution in [1.82, 2.24) is 5.32 Å². The molecule has 2 heteroatoms. The van der Waals surface area contributed by atoms with Crippen LogP contribution in [0.4, 0.5) is 5.69 Å². The van der Waals surface area contributed by atoms with E-state index in [0.29, 0.717) is 5.92 Å². The van der Waals surface area contributed by atoms with Crippen LogP contribution in [0.25, 0.3) is 4.85 Å². The molecule has 0 radical (unpaired) electrons. The molecule has 1 saturated heterocycles. The Bertz CT molecular complexity index is 346. The van der Waals surface area contributed by atoms with Crippen molar-refractivity contribution < 1.29 is 0 Å². The lowest BCUT2D eigenvalue weighted by atomic mass is 9.90. The lowest BCUT2D eigenvalue weighted by Crippen LogP contribution is -2.26. The smallest absolute Gasteiger partial charge is 0.187 e. The molecular formula is C12H14N2. The quantitative estimate of drug-likeness (QED) is 0.667. The molecule has 0 aliphatic carbocycles. The first-order valence-corrected chi connectivity index (χ1v) is 5.08. The maximum Gasteiger partial charge on any atom is 0.187 e. The molecule has 1 fully saturated rings. The fraction of sp³-hybridized carbons (Fsp3) is 0.417. The molecule has 0 saturated carbocycles. The van der Waals surface area contributed by atoms with Crippen LogP contribution in [0.5, 0.6) is 0 Å². The first-order chi connectivity index (χ1) is 6.90. The third-order valence-electron chi connectivity index (χ3n) is 2.81. The van der Waals surface area contributed by atoms with Crippen LogP contribution in [0.15, 0.2) is 24.3 Å². The number of hydrogen-bond donors (Lipinski definition) is 1. The van der Waals surface area contributed by atoms with Crippen LogP contribution in [0.3, 0.4) is 0 Å². The summed E-state index contributed by atoms with van der Waals surface area (Å²) in [6.45, 7) is 9.18. The van der Waals surface area contributed by atoms with Crippen LogP contribution in [-0.2, 0) is 0 Å². The summed E-state index contributed by atoms with van der Waals surface area (Å²) in [7, 11) is 0. The van der Waals surface area contributed by atoms with E-state index in [1.165, 1.54) is 18.4 Å². The predicted octanol–water partition coefficient (Wildman–Crippen LogP) is 2.70. The van der Waals surface area contributed by atoms with E-state index in [-0.39, 0.29) is 0 Å². The summed E-state index contributed by atoms with van der Waals surface area (Å²) >= 11 is 0. The maximum absolute atomic E-state index is 6.97. The SMILES string of the molecule is [C-]#[N+]c1cccc(C2CCNCC2)c1. The highest BCUT2D eigenvalue weighted by molar-refractivity contribution is 5.47. The number of hydrogen-bond acceptors (Lipinski definition) is 1. The molecule has 0 aromatic heterocycles. The molecule has 2 rings (SSSR count). The number of nitrogens with zero attached hydrogens (tertiary/aromatic N) is 1. The van der Waals surface area contributed by atoms with Gasteiger partial charge in [0, 0.05) is 0 Å². The van der Waals surface area contributed by atoms with Gasteiger partial charge in [-0.2, -0.15) is 0 Å². The Balaban J connectivity index is 2.18. The molecule has 1 aromatic rings. The summed E-state index contributed by atoms with van der Waals surface area (Å²) in [5.41, 5.74) is 2.10. The van der Waals surface area contributed by atoms with Gasteiger partial charge in [0.1, 0.15) is 0 Å². The average Bonchev–Trinajstić information content (AvgIpc) is 2.30. The summed E-state index contributed by atoms with van der Waals surface area (Å²) < 4.78 is 0. The Labute approximate surface area is 84.8 Å². The molecule has 1 aliphatic heterocycles. The summed E-state index contributed by atoms with van der Waals surface area (Å²) in [5, 5.41) is 3.35. The molecule has 0 spiro atoms. The maximum atomic E-state index is 6.97. The van der Waals surface area contributed by atoms with E-state index in [9.17, 15) is 0 Å². The van der Waals surface area contributed by atoms with E-state index in [4.69, 9.17) is 6.57 Å². The molecule has 1 aromatic carbocycles. The van der Waals surface area contributed by atoms with Crippen molar-refractivity contribution >= 4 is 5.69 Å². The monoisotopic (exact) mass is 186 g/mol. The second-order valence-electron chi connectivity index (χ2n) is 3.73. The summed E-state index contributed by atoms with van der Waals surface area (Å²) in [6, 6.07) is 8.04. The molecular weight excluding hydrogens is 172 g/mol. The van der Waals surface area contributed by atoms with Crippen LogP contribution < -0.4 is 5.32 Å². The minimum atomic E-state index is 0.651. The fourth-order valence-electron chi connectivity index (χ4n) is 2.00. The second kappa shape index (κ2) is 4.26. The molecule has 1 heterocycles. The largest absolute Gasteiger partial charge is 0.317 e.